The van der Waals surface area contributed by atoms with Gasteiger partial charge in [0.15, 0.2) is 5.43 Å². The van der Waals surface area contributed by atoms with Crippen LogP contribution in [-0.2, 0) is 45.3 Å². The number of aromatic nitrogens is 1. The summed E-state index contributed by atoms with van der Waals surface area (Å²) in [6.45, 7) is 0. The molecule has 2 heterocycles. The van der Waals surface area contributed by atoms with Gasteiger partial charge in [0.05, 0.1) is 5.52 Å². The third kappa shape index (κ3) is 3.16. The summed E-state index contributed by atoms with van der Waals surface area (Å²) in [4.78, 5) is 14.7. The van der Waals surface area contributed by atoms with E-state index < -0.39 is 0 Å². The van der Waals surface area contributed by atoms with Crippen LogP contribution in [0, 0.1) is 0 Å². The number of phenols is 1. The molecule has 91 valence electrons. The Morgan fingerprint density at radius 1 is 1.28 bits per heavy atom. The van der Waals surface area contributed by atoms with Gasteiger partial charge in [-0.2, -0.15) is 12.5 Å². The normalized spacial score (nSPS) is 11.6. The van der Waals surface area contributed by atoms with Gasteiger partial charge in [-0.3, -0.25) is 4.79 Å². The Morgan fingerprint density at radius 2 is 1.94 bits per heavy atom. The van der Waals surface area contributed by atoms with E-state index >= 15 is 0 Å². The van der Waals surface area contributed by atoms with Crippen molar-refractivity contribution >= 4 is 29.2 Å². The van der Waals surface area contributed by atoms with E-state index in [9.17, 15) is 9.90 Å². The number of nitrogens with one attached hydrogen (secondary N) is 1. The van der Waals surface area contributed by atoms with Crippen molar-refractivity contribution in [2.75, 3.05) is 6.26 Å². The number of nitrogens with zero attached hydrogens (tertiary/aromatic N) is 1. The van der Waals surface area contributed by atoms with Gasteiger partial charge in [-0.1, -0.05) is 0 Å². The summed E-state index contributed by atoms with van der Waals surface area (Å²) in [6, 6.07) is 6.15. The topological polar surface area (TPSA) is 67.2 Å². The first-order chi connectivity index (χ1) is 8.24. The molecule has 2 aromatic rings. The third-order valence-corrected chi connectivity index (χ3v) is 2.35. The van der Waals surface area contributed by atoms with E-state index in [4.69, 9.17) is 0 Å². The molecule has 1 aliphatic rings. The van der Waals surface area contributed by atoms with E-state index in [1.165, 1.54) is 18.2 Å². The largest absolute Gasteiger partial charge is 0.796 e. The maximum absolute atomic E-state index is 11.7. The Morgan fingerprint density at radius 3 is 2.56 bits per heavy atom. The van der Waals surface area contributed by atoms with E-state index in [2.05, 4.69) is 22.9 Å². The van der Waals surface area contributed by atoms with E-state index in [1.807, 2.05) is 0 Å². The molecule has 1 aromatic carbocycles. The van der Waals surface area contributed by atoms with E-state index in [0.717, 1.165) is 5.70 Å². The number of pyridine rings is 1. The number of aromatic amines is 1. The molecule has 0 atom stereocenters. The number of phenolic OH excluding ortho intramolecular Hbond substituents is 1. The number of hydrogen-bond acceptors (Lipinski definition) is 3. The molecule has 0 amide bonds. The first kappa shape index (κ1) is 15.3. The average molecular weight is 335 g/mol. The molecule has 1 aliphatic heterocycles. The van der Waals surface area contributed by atoms with Crippen LogP contribution in [0.2, 0.25) is 0 Å². The summed E-state index contributed by atoms with van der Waals surface area (Å²) in [6.07, 6.45) is 3.26. The van der Waals surface area contributed by atoms with Crippen LogP contribution in [0.4, 0.5) is 0 Å². The molecule has 6 heteroatoms. The second kappa shape index (κ2) is 6.41. The van der Waals surface area contributed by atoms with Crippen LogP contribution in [0.15, 0.2) is 35.3 Å². The minimum atomic E-state index is -0.0678. The standard InChI is InChI=1S/C11H8N2O2.CH4S.Y/c14-6-1-2-7-8(3-6)13-9(4-11(7)15)10-5-12-10;1-2;/h1-5H,(H3,12,13,14,15);2H,1H3;/p-2. The number of benzene rings is 1. The van der Waals surface area contributed by atoms with Crippen molar-refractivity contribution < 1.29 is 37.8 Å². The molecule has 0 aliphatic carbocycles. The monoisotopic (exact) mass is 335 g/mol. The third-order valence-electron chi connectivity index (χ3n) is 2.35. The van der Waals surface area contributed by atoms with Crippen LogP contribution in [0.5, 0.6) is 5.75 Å². The Bertz CT molecular complexity index is 652. The van der Waals surface area contributed by atoms with Crippen LogP contribution in [0.1, 0.15) is 5.69 Å². The van der Waals surface area contributed by atoms with Gasteiger partial charge in [0.2, 0.25) is 0 Å². The Hall–Kier alpha value is -0.776. The summed E-state index contributed by atoms with van der Waals surface area (Å²) < 4.78 is 0. The summed E-state index contributed by atoms with van der Waals surface area (Å²) in [5, 5.41) is 13.8. The fourth-order valence-electron chi connectivity index (χ4n) is 1.55. The summed E-state index contributed by atoms with van der Waals surface area (Å²) in [5.74, 6) is 0.136. The number of aromatic hydroxyl groups is 1. The van der Waals surface area contributed by atoms with E-state index in [0.29, 0.717) is 16.6 Å². The molecule has 0 saturated carbocycles. The molecular weight excluding hydrogens is 325 g/mol. The second-order valence-electron chi connectivity index (χ2n) is 3.42. The van der Waals surface area contributed by atoms with Gasteiger partial charge in [0.1, 0.15) is 5.75 Å². The fourth-order valence-corrected chi connectivity index (χ4v) is 1.55. The van der Waals surface area contributed by atoms with E-state index in [-0.39, 0.29) is 43.9 Å². The average Bonchev–Trinajstić information content (AvgIpc) is 3.14. The first-order valence-corrected chi connectivity index (χ1v) is 5.74. The molecule has 18 heavy (non-hydrogen) atoms. The molecular formula is C12H10N2O2SY-2. The SMILES string of the molecule is C[S-].O=c1cc(C2=C[N-]2)[nH]c2cc(O)ccc12.[Y]. The smallest absolute Gasteiger partial charge is 0.189 e. The van der Waals surface area contributed by atoms with Gasteiger partial charge in [-0.05, 0) is 12.1 Å². The quantitative estimate of drug-likeness (QED) is 0.784. The maximum atomic E-state index is 11.7. The number of rotatable bonds is 1. The van der Waals surface area contributed by atoms with Gasteiger partial charge < -0.3 is 28.0 Å². The van der Waals surface area contributed by atoms with Crippen molar-refractivity contribution in [2.24, 2.45) is 0 Å². The fraction of sp³-hybridized carbons (Fsp3) is 0.0833. The second-order valence-corrected chi connectivity index (χ2v) is 3.42. The van der Waals surface area contributed by atoms with Crippen LogP contribution < -0.4 is 5.43 Å². The zero-order chi connectivity index (χ0) is 12.4. The van der Waals surface area contributed by atoms with E-state index in [1.54, 1.807) is 18.5 Å². The molecule has 1 aromatic heterocycles. The molecule has 4 nitrogen and oxygen atoms in total. The van der Waals surface area contributed by atoms with Crippen LogP contribution in [0.25, 0.3) is 21.9 Å². The van der Waals surface area contributed by atoms with Gasteiger partial charge >= 0.3 is 0 Å². The molecule has 0 spiro atoms. The van der Waals surface area contributed by atoms with Crippen molar-refractivity contribution in [3.05, 3.63) is 51.7 Å². The van der Waals surface area contributed by atoms with Gasteiger partial charge in [-0.15, -0.1) is 5.70 Å². The van der Waals surface area contributed by atoms with Gasteiger partial charge in [0, 0.05) is 55.9 Å². The molecule has 0 fully saturated rings. The predicted octanol–water partition coefficient (Wildman–Crippen LogP) is 2.08. The minimum Gasteiger partial charge on any atom is -0.796 e. The summed E-state index contributed by atoms with van der Waals surface area (Å²) in [7, 11) is 0. The zero-order valence-electron chi connectivity index (χ0n) is 9.68. The number of hydrogen-bond donors (Lipinski definition) is 2. The predicted molar refractivity (Wildman–Crippen MR) is 70.9 cm³/mol. The number of fused-ring (bicyclic) bond motifs is 1. The number of H-pyrrole nitrogens is 1. The van der Waals surface area contributed by atoms with Crippen molar-refractivity contribution in [1.29, 1.82) is 0 Å². The van der Waals surface area contributed by atoms with Crippen molar-refractivity contribution in [2.45, 2.75) is 0 Å². The molecule has 3 rings (SSSR count). The van der Waals surface area contributed by atoms with Crippen LogP contribution in [0.3, 0.4) is 0 Å². The van der Waals surface area contributed by atoms with Crippen LogP contribution in [-0.4, -0.2) is 16.3 Å². The molecule has 1 radical (unpaired) electrons. The molecule has 0 unspecified atom stereocenters. The van der Waals surface area contributed by atoms with Crippen molar-refractivity contribution in [1.82, 2.24) is 4.98 Å². The van der Waals surface area contributed by atoms with Crippen molar-refractivity contribution in [3.63, 3.8) is 0 Å². The van der Waals surface area contributed by atoms with Crippen LogP contribution >= 0.6 is 0 Å². The molecule has 2 N–H and O–H groups in total. The maximum Gasteiger partial charge on any atom is 0.189 e. The van der Waals surface area contributed by atoms with Gasteiger partial charge in [-0.25, -0.2) is 0 Å². The molecule has 0 saturated heterocycles. The minimum absolute atomic E-state index is 0. The zero-order valence-corrected chi connectivity index (χ0v) is 13.3. The Balaban J connectivity index is 0.000000516. The summed E-state index contributed by atoms with van der Waals surface area (Å²) in [5.41, 5.74) is 2.04. The summed E-state index contributed by atoms with van der Waals surface area (Å²) >= 11 is 4.08. The molecule has 0 bridgehead atoms. The Labute approximate surface area is 135 Å². The van der Waals surface area contributed by atoms with Gasteiger partial charge in [0.25, 0.3) is 0 Å². The Kier molecular flexibility index (Phi) is 5.44. The van der Waals surface area contributed by atoms with Crippen molar-refractivity contribution in [3.8, 4) is 5.75 Å². The first-order valence-electron chi connectivity index (χ1n) is 4.92.